The zero-order chi connectivity index (χ0) is 18.0. The molecule has 1 aliphatic heterocycles. The van der Waals surface area contributed by atoms with E-state index in [4.69, 9.17) is 33.2 Å². The summed E-state index contributed by atoms with van der Waals surface area (Å²) in [7, 11) is 0. The van der Waals surface area contributed by atoms with Gasteiger partial charge in [-0.25, -0.2) is 0 Å². The van der Waals surface area contributed by atoms with Crippen LogP contribution in [0.25, 0.3) is 0 Å². The molecule has 0 aromatic heterocycles. The van der Waals surface area contributed by atoms with Crippen LogP contribution in [0.2, 0.25) is 0 Å². The summed E-state index contributed by atoms with van der Waals surface area (Å²) in [5.74, 6) is 0. The van der Waals surface area contributed by atoms with Gasteiger partial charge in [-0.15, -0.1) is 0 Å². The van der Waals surface area contributed by atoms with Crippen molar-refractivity contribution in [1.29, 1.82) is 0 Å². The lowest BCUT2D eigenvalue weighted by atomic mass is 10.2. The molecule has 7 heteroatoms. The molecule has 0 amide bonds. The lowest BCUT2D eigenvalue weighted by Crippen LogP contribution is -2.24. The summed E-state index contributed by atoms with van der Waals surface area (Å²) in [6, 6.07) is 0. The van der Waals surface area contributed by atoms with Crippen molar-refractivity contribution in [1.82, 2.24) is 0 Å². The van der Waals surface area contributed by atoms with Crippen molar-refractivity contribution < 1.29 is 33.2 Å². The van der Waals surface area contributed by atoms with Crippen molar-refractivity contribution >= 4 is 0 Å². The van der Waals surface area contributed by atoms with Gasteiger partial charge in [0.2, 0.25) is 0 Å². The Balaban J connectivity index is 1.66. The van der Waals surface area contributed by atoms with Gasteiger partial charge in [0.1, 0.15) is 0 Å². The monoisotopic (exact) mass is 364 g/mol. The zero-order valence-corrected chi connectivity index (χ0v) is 15.9. The number of ether oxygens (including phenoxy) is 7. The molecule has 0 bridgehead atoms. The number of hydrogen-bond acceptors (Lipinski definition) is 7. The first-order valence-electron chi connectivity index (χ1n) is 9.45. The maximum Gasteiger partial charge on any atom is 0.157 e. The van der Waals surface area contributed by atoms with Gasteiger partial charge in [-0.3, -0.25) is 0 Å². The maximum absolute atomic E-state index is 5.57. The normalized spacial score (nSPS) is 18.1. The Morgan fingerprint density at radius 1 is 0.720 bits per heavy atom. The van der Waals surface area contributed by atoms with Crippen molar-refractivity contribution in [2.24, 2.45) is 0 Å². The minimum absolute atomic E-state index is 0.0440. The minimum Gasteiger partial charge on any atom is -0.377 e. The van der Waals surface area contributed by atoms with Gasteiger partial charge in [-0.1, -0.05) is 0 Å². The van der Waals surface area contributed by atoms with Crippen LogP contribution in [0, 0.1) is 0 Å². The third kappa shape index (κ3) is 15.7. The highest BCUT2D eigenvalue weighted by atomic mass is 16.7. The van der Waals surface area contributed by atoms with E-state index in [-0.39, 0.29) is 12.4 Å². The van der Waals surface area contributed by atoms with Crippen LogP contribution in [0.5, 0.6) is 0 Å². The van der Waals surface area contributed by atoms with E-state index in [0.29, 0.717) is 66.1 Å². The first-order chi connectivity index (χ1) is 12.3. The summed E-state index contributed by atoms with van der Waals surface area (Å²) in [6.07, 6.45) is 3.51. The van der Waals surface area contributed by atoms with Crippen molar-refractivity contribution in [3.63, 3.8) is 0 Å². The quantitative estimate of drug-likeness (QED) is 0.366. The Morgan fingerprint density at radius 3 is 1.72 bits per heavy atom. The maximum atomic E-state index is 5.57. The van der Waals surface area contributed by atoms with E-state index in [9.17, 15) is 0 Å². The highest BCUT2D eigenvalue weighted by Gasteiger charge is 2.13. The molecule has 0 spiro atoms. The average Bonchev–Trinajstić information content (AvgIpc) is 2.62. The third-order valence-electron chi connectivity index (χ3n) is 3.46. The average molecular weight is 364 g/mol. The van der Waals surface area contributed by atoms with Gasteiger partial charge in [0, 0.05) is 6.61 Å². The van der Waals surface area contributed by atoms with Gasteiger partial charge in [-0.05, 0) is 33.1 Å². The fourth-order valence-electron chi connectivity index (χ4n) is 2.19. The molecule has 0 saturated carbocycles. The van der Waals surface area contributed by atoms with Gasteiger partial charge < -0.3 is 33.2 Å². The van der Waals surface area contributed by atoms with E-state index in [0.717, 1.165) is 19.4 Å². The van der Waals surface area contributed by atoms with Crippen LogP contribution in [-0.2, 0) is 33.2 Å². The largest absolute Gasteiger partial charge is 0.377 e. The molecule has 1 unspecified atom stereocenters. The molecule has 1 aliphatic rings. The molecule has 1 saturated heterocycles. The highest BCUT2D eigenvalue weighted by Crippen LogP contribution is 2.13. The van der Waals surface area contributed by atoms with Crippen LogP contribution in [0.1, 0.15) is 33.1 Å². The van der Waals surface area contributed by atoms with Crippen molar-refractivity contribution in [2.45, 2.75) is 45.5 Å². The summed E-state index contributed by atoms with van der Waals surface area (Å²) in [6.45, 7) is 10.6. The van der Waals surface area contributed by atoms with E-state index in [1.807, 2.05) is 13.8 Å². The predicted molar refractivity (Wildman–Crippen MR) is 93.9 cm³/mol. The van der Waals surface area contributed by atoms with Gasteiger partial charge in [0.15, 0.2) is 6.29 Å². The molecule has 0 radical (unpaired) electrons. The van der Waals surface area contributed by atoms with E-state index in [1.54, 1.807) is 0 Å². The van der Waals surface area contributed by atoms with Gasteiger partial charge >= 0.3 is 0 Å². The standard InChI is InChI=1S/C18H36O7/c1-17(2)23-15-13-21-11-9-19-7-8-20-10-12-22-14-16-25-18-5-3-4-6-24-18/h17-18H,3-16H2,1-2H3. The highest BCUT2D eigenvalue weighted by molar-refractivity contribution is 4.53. The first kappa shape index (κ1) is 22.8. The summed E-state index contributed by atoms with van der Waals surface area (Å²) < 4.78 is 38.1. The Labute approximate surface area is 152 Å². The molecule has 7 nitrogen and oxygen atoms in total. The van der Waals surface area contributed by atoms with Crippen molar-refractivity contribution in [2.75, 3.05) is 72.7 Å². The fourth-order valence-corrected chi connectivity index (χ4v) is 2.19. The lowest BCUT2D eigenvalue weighted by molar-refractivity contribution is -0.169. The topological polar surface area (TPSA) is 64.6 Å². The Bertz CT molecular complexity index is 270. The molecule has 0 aromatic rings. The summed E-state index contributed by atoms with van der Waals surface area (Å²) >= 11 is 0. The number of hydrogen-bond donors (Lipinski definition) is 0. The van der Waals surface area contributed by atoms with E-state index >= 15 is 0 Å². The SMILES string of the molecule is CC(C)OCCOCCOCCOCCOCCOC1CCCCO1. The van der Waals surface area contributed by atoms with Crippen molar-refractivity contribution in [3.8, 4) is 0 Å². The van der Waals surface area contributed by atoms with Crippen LogP contribution < -0.4 is 0 Å². The fraction of sp³-hybridized carbons (Fsp3) is 1.00. The molecule has 1 rings (SSSR count). The van der Waals surface area contributed by atoms with E-state index in [1.165, 1.54) is 6.42 Å². The Kier molecular flexibility index (Phi) is 15.6. The minimum atomic E-state index is -0.0440. The second-order valence-electron chi connectivity index (χ2n) is 6.04. The van der Waals surface area contributed by atoms with E-state index in [2.05, 4.69) is 0 Å². The molecular formula is C18H36O7. The van der Waals surface area contributed by atoms with Crippen LogP contribution in [0.3, 0.4) is 0 Å². The number of rotatable bonds is 17. The molecular weight excluding hydrogens is 328 g/mol. The summed E-state index contributed by atoms with van der Waals surface area (Å²) in [5.41, 5.74) is 0. The van der Waals surface area contributed by atoms with Gasteiger partial charge in [-0.2, -0.15) is 0 Å². The molecule has 1 atom stereocenters. The lowest BCUT2D eigenvalue weighted by Gasteiger charge is -2.22. The zero-order valence-electron chi connectivity index (χ0n) is 15.9. The van der Waals surface area contributed by atoms with E-state index < -0.39 is 0 Å². The second-order valence-corrected chi connectivity index (χ2v) is 6.04. The smallest absolute Gasteiger partial charge is 0.157 e. The first-order valence-corrected chi connectivity index (χ1v) is 9.45. The van der Waals surface area contributed by atoms with Gasteiger partial charge in [0.05, 0.1) is 72.2 Å². The van der Waals surface area contributed by atoms with Crippen LogP contribution >= 0.6 is 0 Å². The van der Waals surface area contributed by atoms with Crippen LogP contribution in [-0.4, -0.2) is 85.1 Å². The predicted octanol–water partition coefficient (Wildman–Crippen LogP) is 2.02. The van der Waals surface area contributed by atoms with Gasteiger partial charge in [0.25, 0.3) is 0 Å². The molecule has 0 aliphatic carbocycles. The van der Waals surface area contributed by atoms with Crippen LogP contribution in [0.15, 0.2) is 0 Å². The molecule has 0 N–H and O–H groups in total. The summed E-state index contributed by atoms with van der Waals surface area (Å²) in [5, 5.41) is 0. The molecule has 1 fully saturated rings. The Morgan fingerprint density at radius 2 is 1.24 bits per heavy atom. The van der Waals surface area contributed by atoms with Crippen molar-refractivity contribution in [3.05, 3.63) is 0 Å². The second kappa shape index (κ2) is 17.1. The molecule has 150 valence electrons. The molecule has 0 aromatic carbocycles. The molecule has 1 heterocycles. The summed E-state index contributed by atoms with van der Waals surface area (Å²) in [4.78, 5) is 0. The molecule has 25 heavy (non-hydrogen) atoms. The van der Waals surface area contributed by atoms with Crippen LogP contribution in [0.4, 0.5) is 0 Å². The third-order valence-corrected chi connectivity index (χ3v) is 3.46. The Hall–Kier alpha value is -0.280.